The first-order valence-corrected chi connectivity index (χ1v) is 7.15. The minimum absolute atomic E-state index is 0.0138. The Balaban J connectivity index is 1.83. The number of phenols is 1. The highest BCUT2D eigenvalue weighted by atomic mass is 19.1. The number of hydrogen-bond donors (Lipinski definition) is 2. The fraction of sp³-hybridized carbons (Fsp3) is 0.235. The van der Waals surface area contributed by atoms with E-state index in [1.54, 1.807) is 14.2 Å². The van der Waals surface area contributed by atoms with Crippen LogP contribution in [0.15, 0.2) is 41.5 Å². The lowest BCUT2D eigenvalue weighted by Gasteiger charge is -2.14. The largest absolute Gasteiger partial charge is 0.507 e. The number of benzene rings is 2. The number of aromatic hydroxyl groups is 1. The van der Waals surface area contributed by atoms with Crippen LogP contribution in [0.5, 0.6) is 17.2 Å². The zero-order valence-electron chi connectivity index (χ0n) is 12.8. The molecule has 23 heavy (non-hydrogen) atoms. The van der Waals surface area contributed by atoms with Crippen molar-refractivity contribution in [3.63, 3.8) is 0 Å². The van der Waals surface area contributed by atoms with E-state index in [4.69, 9.17) is 9.47 Å². The number of halogens is 1. The standard InChI is InChI=1S/C17H17FN2O3/c1-22-16-6-3-10(7-17(16)23-2)13-9-14(20-19-13)12-8-11(18)4-5-15(12)21/h3-8,13,19,21H,9H2,1-2H3/t13-/m1/s1. The molecule has 0 amide bonds. The van der Waals surface area contributed by atoms with Gasteiger partial charge in [-0.2, -0.15) is 5.10 Å². The number of phenolic OH excluding ortho intramolecular Hbond substituents is 1. The van der Waals surface area contributed by atoms with Crippen molar-refractivity contribution >= 4 is 5.71 Å². The van der Waals surface area contributed by atoms with Gasteiger partial charge in [0.1, 0.15) is 11.6 Å². The van der Waals surface area contributed by atoms with E-state index in [0.717, 1.165) is 5.56 Å². The van der Waals surface area contributed by atoms with Gasteiger partial charge in [-0.1, -0.05) is 6.07 Å². The van der Waals surface area contributed by atoms with E-state index in [-0.39, 0.29) is 11.8 Å². The van der Waals surface area contributed by atoms with Crippen LogP contribution in [0.25, 0.3) is 0 Å². The third kappa shape index (κ3) is 2.92. The molecule has 0 saturated heterocycles. The Morgan fingerprint density at radius 1 is 1.13 bits per heavy atom. The average molecular weight is 316 g/mol. The van der Waals surface area contributed by atoms with Crippen molar-refractivity contribution in [3.8, 4) is 17.2 Å². The normalized spacial score (nSPS) is 16.7. The van der Waals surface area contributed by atoms with Crippen LogP contribution < -0.4 is 14.9 Å². The van der Waals surface area contributed by atoms with Gasteiger partial charge < -0.3 is 20.0 Å². The predicted molar refractivity (Wildman–Crippen MR) is 84.6 cm³/mol. The molecule has 2 aromatic carbocycles. The van der Waals surface area contributed by atoms with Gasteiger partial charge in [0, 0.05) is 12.0 Å². The third-order valence-electron chi connectivity index (χ3n) is 3.83. The number of nitrogens with zero attached hydrogens (tertiary/aromatic N) is 1. The molecule has 1 heterocycles. The summed E-state index contributed by atoms with van der Waals surface area (Å²) in [6.45, 7) is 0. The summed E-state index contributed by atoms with van der Waals surface area (Å²) >= 11 is 0. The quantitative estimate of drug-likeness (QED) is 0.910. The summed E-state index contributed by atoms with van der Waals surface area (Å²) in [6.07, 6.45) is 0.534. The van der Waals surface area contributed by atoms with Crippen LogP contribution in [0.3, 0.4) is 0 Å². The summed E-state index contributed by atoms with van der Waals surface area (Å²) in [5.41, 5.74) is 5.00. The number of methoxy groups -OCH3 is 2. The lowest BCUT2D eigenvalue weighted by molar-refractivity contribution is 0.354. The number of nitrogens with one attached hydrogen (secondary N) is 1. The molecule has 0 aliphatic carbocycles. The van der Waals surface area contributed by atoms with Crippen molar-refractivity contribution in [3.05, 3.63) is 53.3 Å². The smallest absolute Gasteiger partial charge is 0.161 e. The Morgan fingerprint density at radius 2 is 1.91 bits per heavy atom. The minimum Gasteiger partial charge on any atom is -0.507 e. The third-order valence-corrected chi connectivity index (χ3v) is 3.83. The second kappa shape index (κ2) is 6.16. The number of hydrogen-bond acceptors (Lipinski definition) is 5. The molecule has 5 nitrogen and oxygen atoms in total. The SMILES string of the molecule is COc1ccc([C@H]2CC(c3cc(F)ccc3O)=NN2)cc1OC. The van der Waals surface area contributed by atoms with Crippen LogP contribution in [0, 0.1) is 5.82 Å². The maximum Gasteiger partial charge on any atom is 0.161 e. The van der Waals surface area contributed by atoms with Crippen molar-refractivity contribution in [1.29, 1.82) is 0 Å². The Morgan fingerprint density at radius 3 is 2.65 bits per heavy atom. The molecule has 1 atom stereocenters. The highest BCUT2D eigenvalue weighted by molar-refractivity contribution is 6.03. The Hall–Kier alpha value is -2.76. The molecule has 0 aromatic heterocycles. The molecule has 6 heteroatoms. The highest BCUT2D eigenvalue weighted by Gasteiger charge is 2.24. The van der Waals surface area contributed by atoms with E-state index in [1.807, 2.05) is 18.2 Å². The molecule has 1 aliphatic heterocycles. The fourth-order valence-corrected chi connectivity index (χ4v) is 2.61. The first kappa shape index (κ1) is 15.1. The molecule has 0 bridgehead atoms. The molecular weight excluding hydrogens is 299 g/mol. The van der Waals surface area contributed by atoms with Gasteiger partial charge in [0.15, 0.2) is 11.5 Å². The summed E-state index contributed by atoms with van der Waals surface area (Å²) in [4.78, 5) is 0. The number of rotatable bonds is 4. The molecule has 3 rings (SSSR count). The topological polar surface area (TPSA) is 63.1 Å². The van der Waals surface area contributed by atoms with Crippen molar-refractivity contribution in [1.82, 2.24) is 5.43 Å². The minimum atomic E-state index is -0.407. The maximum absolute atomic E-state index is 13.4. The van der Waals surface area contributed by atoms with Gasteiger partial charge in [-0.05, 0) is 35.9 Å². The zero-order valence-corrected chi connectivity index (χ0v) is 12.8. The molecular formula is C17H17FN2O3. The van der Waals surface area contributed by atoms with Gasteiger partial charge in [-0.15, -0.1) is 0 Å². The molecule has 2 aromatic rings. The van der Waals surface area contributed by atoms with E-state index in [0.29, 0.717) is 29.2 Å². The second-order valence-electron chi connectivity index (χ2n) is 5.22. The van der Waals surface area contributed by atoms with Crippen LogP contribution in [-0.2, 0) is 0 Å². The molecule has 0 spiro atoms. The van der Waals surface area contributed by atoms with Gasteiger partial charge >= 0.3 is 0 Å². The van der Waals surface area contributed by atoms with E-state index in [9.17, 15) is 9.50 Å². The Kier molecular flexibility index (Phi) is 4.06. The van der Waals surface area contributed by atoms with Crippen LogP contribution >= 0.6 is 0 Å². The van der Waals surface area contributed by atoms with Crippen molar-refractivity contribution < 1.29 is 19.0 Å². The van der Waals surface area contributed by atoms with Crippen LogP contribution in [-0.4, -0.2) is 25.0 Å². The van der Waals surface area contributed by atoms with E-state index >= 15 is 0 Å². The zero-order chi connectivity index (χ0) is 16.4. The molecule has 0 unspecified atom stereocenters. The summed E-state index contributed by atoms with van der Waals surface area (Å²) < 4.78 is 23.9. The first-order valence-electron chi connectivity index (χ1n) is 7.15. The summed E-state index contributed by atoms with van der Waals surface area (Å²) in [7, 11) is 3.16. The predicted octanol–water partition coefficient (Wildman–Crippen LogP) is 2.99. The highest BCUT2D eigenvalue weighted by Crippen LogP contribution is 2.33. The van der Waals surface area contributed by atoms with E-state index in [2.05, 4.69) is 10.5 Å². The van der Waals surface area contributed by atoms with E-state index in [1.165, 1.54) is 18.2 Å². The Bertz CT molecular complexity index is 761. The number of hydrazone groups is 1. The molecule has 2 N–H and O–H groups in total. The van der Waals surface area contributed by atoms with Crippen molar-refractivity contribution in [2.24, 2.45) is 5.10 Å². The summed E-state index contributed by atoms with van der Waals surface area (Å²) in [5, 5.41) is 14.1. The van der Waals surface area contributed by atoms with Crippen molar-refractivity contribution in [2.75, 3.05) is 14.2 Å². The molecule has 0 radical (unpaired) electrons. The molecule has 120 valence electrons. The van der Waals surface area contributed by atoms with Crippen LogP contribution in [0.2, 0.25) is 0 Å². The molecule has 1 aliphatic rings. The monoisotopic (exact) mass is 316 g/mol. The number of ether oxygens (including phenoxy) is 2. The first-order chi connectivity index (χ1) is 11.1. The fourth-order valence-electron chi connectivity index (χ4n) is 2.61. The lowest BCUT2D eigenvalue weighted by atomic mass is 9.98. The van der Waals surface area contributed by atoms with Crippen molar-refractivity contribution in [2.45, 2.75) is 12.5 Å². The van der Waals surface area contributed by atoms with Crippen LogP contribution in [0.1, 0.15) is 23.6 Å². The Labute approximate surface area is 133 Å². The summed E-state index contributed by atoms with van der Waals surface area (Å²) in [6, 6.07) is 9.38. The van der Waals surface area contributed by atoms with Gasteiger partial charge in [0.25, 0.3) is 0 Å². The van der Waals surface area contributed by atoms with Gasteiger partial charge in [0.2, 0.25) is 0 Å². The van der Waals surface area contributed by atoms with Gasteiger partial charge in [-0.25, -0.2) is 4.39 Å². The van der Waals surface area contributed by atoms with Gasteiger partial charge in [-0.3, -0.25) is 0 Å². The molecule has 0 saturated carbocycles. The van der Waals surface area contributed by atoms with Gasteiger partial charge in [0.05, 0.1) is 26.0 Å². The summed E-state index contributed by atoms with van der Waals surface area (Å²) in [5.74, 6) is 0.891. The molecule has 0 fully saturated rings. The van der Waals surface area contributed by atoms with E-state index < -0.39 is 5.82 Å². The van der Waals surface area contributed by atoms with Crippen LogP contribution in [0.4, 0.5) is 4.39 Å². The average Bonchev–Trinajstić information content (AvgIpc) is 3.06. The second-order valence-corrected chi connectivity index (χ2v) is 5.22. The maximum atomic E-state index is 13.4. The lowest BCUT2D eigenvalue weighted by Crippen LogP contribution is -2.10.